The van der Waals surface area contributed by atoms with Crippen molar-refractivity contribution in [3.8, 4) is 16.8 Å². The van der Waals surface area contributed by atoms with Crippen LogP contribution in [0.2, 0.25) is 0 Å². The number of nitrogens with one attached hydrogen (secondary N) is 1. The Kier molecular flexibility index (Phi) is 8.64. The van der Waals surface area contributed by atoms with Crippen molar-refractivity contribution >= 4 is 18.2 Å². The summed E-state index contributed by atoms with van der Waals surface area (Å²) in [5, 5.41) is 2.75. The molecule has 1 fully saturated rings. The Hall–Kier alpha value is -3.23. The molecule has 0 unspecified atom stereocenters. The Morgan fingerprint density at radius 2 is 1.60 bits per heavy atom. The Labute approximate surface area is 225 Å². The summed E-state index contributed by atoms with van der Waals surface area (Å²) in [5.74, 6) is 0.519. The van der Waals surface area contributed by atoms with E-state index in [0.717, 1.165) is 40.8 Å². The van der Waals surface area contributed by atoms with Gasteiger partial charge >= 0.3 is 35.7 Å². The first-order valence-corrected chi connectivity index (χ1v) is 10.8. The predicted molar refractivity (Wildman–Crippen MR) is 128 cm³/mol. The second-order valence-electron chi connectivity index (χ2n) is 8.14. The van der Waals surface area contributed by atoms with Crippen LogP contribution >= 0.6 is 0 Å². The number of benzene rings is 3. The van der Waals surface area contributed by atoms with Gasteiger partial charge in [-0.15, -0.1) is 5.41 Å². The van der Waals surface area contributed by atoms with Gasteiger partial charge in [0.2, 0.25) is 0 Å². The van der Waals surface area contributed by atoms with E-state index in [1.807, 2.05) is 78.9 Å². The minimum absolute atomic E-state index is 0. The molecule has 0 atom stereocenters. The van der Waals surface area contributed by atoms with Crippen molar-refractivity contribution in [1.82, 2.24) is 9.55 Å². The van der Waals surface area contributed by atoms with Crippen LogP contribution in [0.1, 0.15) is 24.0 Å². The van der Waals surface area contributed by atoms with Crippen LogP contribution in [-0.2, 0) is 21.6 Å². The first-order valence-electron chi connectivity index (χ1n) is 10.8. The number of carbonyl (C=O) groups excluding carboxylic acids is 2. The van der Waals surface area contributed by atoms with Gasteiger partial charge < -0.3 is 15.0 Å². The zero-order chi connectivity index (χ0) is 22.7. The van der Waals surface area contributed by atoms with Gasteiger partial charge in [0.25, 0.3) is 0 Å². The smallest absolute Gasteiger partial charge is 0.870 e. The minimum Gasteiger partial charge on any atom is -0.870 e. The monoisotopic (exact) mass is 476 g/mol. The van der Waals surface area contributed by atoms with Crippen LogP contribution in [0.4, 0.5) is 10.6 Å². The molecule has 2 N–H and O–H groups in total. The van der Waals surface area contributed by atoms with Crippen molar-refractivity contribution in [1.29, 1.82) is 0 Å². The maximum Gasteiger partial charge on any atom is 1.00 e. The van der Waals surface area contributed by atoms with Gasteiger partial charge in [-0.2, -0.15) is 0 Å². The van der Waals surface area contributed by atoms with Gasteiger partial charge in [-0.05, 0) is 28.8 Å². The number of anilines is 1. The Balaban J connectivity index is 0.00000171. The number of nitrogens with zero attached hydrogens (tertiary/aromatic N) is 2. The first-order chi connectivity index (χ1) is 16.2. The van der Waals surface area contributed by atoms with E-state index in [1.165, 1.54) is 0 Å². The number of amides is 1. The van der Waals surface area contributed by atoms with Gasteiger partial charge in [0, 0.05) is 5.69 Å². The molecule has 35 heavy (non-hydrogen) atoms. The van der Waals surface area contributed by atoms with Crippen molar-refractivity contribution in [2.24, 2.45) is 0 Å². The van der Waals surface area contributed by atoms with E-state index in [2.05, 4.69) is 16.6 Å². The summed E-state index contributed by atoms with van der Waals surface area (Å²) in [6.07, 6.45) is 6.62. The third-order valence-corrected chi connectivity index (χ3v) is 5.94. The van der Waals surface area contributed by atoms with Crippen molar-refractivity contribution < 1.29 is 49.4 Å². The number of ether oxygens (including phenoxy) is 1. The quantitative estimate of drug-likeness (QED) is 0.326. The van der Waals surface area contributed by atoms with E-state index >= 15 is 0 Å². The van der Waals surface area contributed by atoms with Gasteiger partial charge in [-0.1, -0.05) is 85.1 Å². The van der Waals surface area contributed by atoms with E-state index in [4.69, 9.17) is 4.74 Å². The fourth-order valence-corrected chi connectivity index (χ4v) is 3.83. The van der Waals surface area contributed by atoms with Crippen LogP contribution < -0.4 is 34.9 Å². The van der Waals surface area contributed by atoms with Gasteiger partial charge in [-0.3, -0.25) is 16.2 Å². The molecule has 8 heteroatoms. The summed E-state index contributed by atoms with van der Waals surface area (Å²) in [6.45, 7) is 0.195. The number of imidazole rings is 1. The topological polar surface area (TPSA) is 103 Å². The third kappa shape index (κ3) is 5.89. The van der Waals surface area contributed by atoms with Crippen LogP contribution in [0, 0.1) is 0 Å². The fraction of sp³-hybridized carbons (Fsp3) is 0.148. The normalized spacial score (nSPS) is 13.0. The molecule has 0 saturated heterocycles. The number of hydrogen-bond acceptors (Lipinski definition) is 5. The molecule has 0 radical (unpaired) electrons. The molecule has 7 nitrogen and oxygen atoms in total. The molecule has 1 heterocycles. The van der Waals surface area contributed by atoms with Crippen molar-refractivity contribution in [3.63, 3.8) is 0 Å². The number of hydrogen-bond donors (Lipinski definition) is 1. The molecule has 0 spiro atoms. The zero-order valence-corrected chi connectivity index (χ0v) is 21.3. The van der Waals surface area contributed by atoms with Crippen LogP contribution in [-0.4, -0.2) is 27.4 Å². The van der Waals surface area contributed by atoms with Crippen LogP contribution in [0.25, 0.3) is 16.8 Å². The van der Waals surface area contributed by atoms with Crippen molar-refractivity contribution in [3.05, 3.63) is 103 Å². The molecule has 5 rings (SSSR count). The molecule has 1 saturated carbocycles. The third-order valence-electron chi connectivity index (χ3n) is 5.94. The second-order valence-corrected chi connectivity index (χ2v) is 8.14. The Morgan fingerprint density at radius 1 is 0.971 bits per heavy atom. The molecule has 4 aromatic rings. The largest absolute Gasteiger partial charge is 1.00 e. The average Bonchev–Trinajstić information content (AvgIpc) is 3.55. The summed E-state index contributed by atoms with van der Waals surface area (Å²) in [4.78, 5) is 27.6. The predicted octanol–water partition coefficient (Wildman–Crippen LogP) is 2.26. The zero-order valence-electron chi connectivity index (χ0n) is 19.3. The van der Waals surface area contributed by atoms with Crippen LogP contribution in [0.5, 0.6) is 0 Å². The number of carbonyl (C=O) groups is 1. The van der Waals surface area contributed by atoms with E-state index in [-0.39, 0.29) is 47.1 Å². The Morgan fingerprint density at radius 3 is 2.20 bits per heavy atom. The van der Waals surface area contributed by atoms with Crippen LogP contribution in [0.3, 0.4) is 0 Å². The van der Waals surface area contributed by atoms with Crippen LogP contribution in [0.15, 0.2) is 91.4 Å². The summed E-state index contributed by atoms with van der Waals surface area (Å²) < 4.78 is 7.09. The maximum absolute atomic E-state index is 12.2. The molecule has 1 aromatic heterocycles. The molecule has 0 bridgehead atoms. The van der Waals surface area contributed by atoms with Crippen molar-refractivity contribution in [2.75, 3.05) is 5.32 Å². The van der Waals surface area contributed by atoms with Gasteiger partial charge in [0.05, 0.1) is 6.20 Å². The molecule has 1 aliphatic rings. The molecular formula is C27H23N3NaO4-. The minimum atomic E-state index is -0.543. The Bertz CT molecular complexity index is 1270. The molecule has 1 amide bonds. The molecule has 1 aliphatic carbocycles. The number of aromatic nitrogens is 2. The van der Waals surface area contributed by atoms with Gasteiger partial charge in [0.15, 0.2) is 0 Å². The van der Waals surface area contributed by atoms with E-state index in [9.17, 15) is 9.59 Å². The summed E-state index contributed by atoms with van der Waals surface area (Å²) in [5.41, 5.74) is 4.56. The molecular weight excluding hydrogens is 453 g/mol. The molecule has 0 aliphatic heterocycles. The van der Waals surface area contributed by atoms with Gasteiger partial charge in [-0.25, -0.2) is 9.78 Å². The summed E-state index contributed by atoms with van der Waals surface area (Å²) in [7, 11) is 0. The average molecular weight is 476 g/mol. The van der Waals surface area contributed by atoms with E-state index < -0.39 is 6.09 Å². The van der Waals surface area contributed by atoms with E-state index in [1.54, 1.807) is 17.1 Å². The van der Waals surface area contributed by atoms with Crippen molar-refractivity contribution in [2.45, 2.75) is 24.9 Å². The SMILES string of the molecule is O=[C-]C1(c2ccc(-c3ccc(-n4cncc4NC(=O)OCc4ccccc4)cc3)cc2)CC1.[Na+].[OH-]. The standard InChI is InChI=1S/C27H22N3O3.Na.H2O/c31-18-27(14-15-27)23-10-6-21(7-11-23)22-8-12-24(13-9-22)30-19-28-16-25(30)29-26(32)33-17-20-4-2-1-3-5-20;;/h1-13,16,19H,14-15,17H2,(H,29,32);;1H2/q-1;+1;/p-1. The fourth-order valence-electron chi connectivity index (χ4n) is 3.83. The van der Waals surface area contributed by atoms with Gasteiger partial charge in [0.1, 0.15) is 18.8 Å². The molecule has 172 valence electrons. The molecule has 3 aromatic carbocycles. The second kappa shape index (κ2) is 11.5. The number of rotatable bonds is 7. The maximum atomic E-state index is 12.2. The first kappa shape index (κ1) is 26.4. The summed E-state index contributed by atoms with van der Waals surface area (Å²) in [6, 6.07) is 25.6. The van der Waals surface area contributed by atoms with E-state index in [0.29, 0.717) is 5.82 Å². The summed E-state index contributed by atoms with van der Waals surface area (Å²) >= 11 is 0.